The summed E-state index contributed by atoms with van der Waals surface area (Å²) in [6.07, 6.45) is 0. The fourth-order valence-electron chi connectivity index (χ4n) is 1.72. The molecule has 0 saturated heterocycles. The maximum absolute atomic E-state index is 13.3. The third-order valence-electron chi connectivity index (χ3n) is 2.66. The molecule has 0 atom stereocenters. The molecule has 0 saturated carbocycles. The van der Waals surface area contributed by atoms with Gasteiger partial charge in [0.25, 0.3) is 0 Å². The van der Waals surface area contributed by atoms with E-state index >= 15 is 0 Å². The van der Waals surface area contributed by atoms with Crippen LogP contribution in [0.15, 0.2) is 32.1 Å². The lowest BCUT2D eigenvalue weighted by molar-refractivity contribution is 0.310. The zero-order valence-corrected chi connectivity index (χ0v) is 10.1. The van der Waals surface area contributed by atoms with Gasteiger partial charge in [0.15, 0.2) is 11.5 Å². The fraction of sp³-hybridized carbons (Fsp3) is 0. The number of nitrogen functional groups attached to an aromatic ring is 1. The van der Waals surface area contributed by atoms with Crippen molar-refractivity contribution in [3.63, 3.8) is 0 Å². The Bertz CT molecular complexity index is 919. The van der Waals surface area contributed by atoms with Gasteiger partial charge in [-0.25, -0.2) is 18.4 Å². The molecule has 0 aliphatic rings. The van der Waals surface area contributed by atoms with Crippen LogP contribution in [0.2, 0.25) is 0 Å². The van der Waals surface area contributed by atoms with Crippen LogP contribution in [0.5, 0.6) is 0 Å². The maximum atomic E-state index is 13.3. The second kappa shape index (κ2) is 4.57. The molecule has 21 heavy (non-hydrogen) atoms. The molecule has 10 heteroatoms. The molecule has 0 radical (unpaired) electrons. The summed E-state index contributed by atoms with van der Waals surface area (Å²) in [6, 6.07) is 5.16. The second-order valence-corrected chi connectivity index (χ2v) is 3.88. The minimum absolute atomic E-state index is 0.0105. The van der Waals surface area contributed by atoms with Gasteiger partial charge < -0.3 is 5.73 Å². The first-order valence-corrected chi connectivity index (χ1v) is 5.49. The minimum atomic E-state index is -0.858. The Hall–Kier alpha value is -3.48. The smallest absolute Gasteiger partial charge is 0.379 e. The number of hydrogen-bond acceptors (Lipinski definition) is 8. The molecule has 2 aromatic heterocycles. The molecule has 2 N–H and O–H groups in total. The topological polar surface area (TPSA) is 137 Å². The van der Waals surface area contributed by atoms with Crippen molar-refractivity contribution in [2.24, 2.45) is 0 Å². The van der Waals surface area contributed by atoms with Crippen LogP contribution < -0.4 is 11.5 Å². The van der Waals surface area contributed by atoms with Gasteiger partial charge in [-0.3, -0.25) is 4.52 Å². The van der Waals surface area contributed by atoms with Crippen LogP contribution in [0.25, 0.3) is 17.2 Å². The molecule has 2 heterocycles. The maximum Gasteiger partial charge on any atom is 0.446 e. The number of nitrogens with zero attached hydrogens (tertiary/aromatic N) is 5. The third kappa shape index (κ3) is 1.93. The molecule has 104 valence electrons. The van der Waals surface area contributed by atoms with Gasteiger partial charge in [0.2, 0.25) is 5.82 Å². The number of benzene rings is 1. The monoisotopic (exact) mass is 288 g/mol. The van der Waals surface area contributed by atoms with Gasteiger partial charge in [0.1, 0.15) is 11.9 Å². The van der Waals surface area contributed by atoms with Crippen LogP contribution in [0.1, 0.15) is 5.56 Å². The van der Waals surface area contributed by atoms with Crippen LogP contribution >= 0.6 is 0 Å². The number of nitrogens with two attached hydrogens (primary N) is 1. The normalized spacial score (nSPS) is 10.5. The standard InChI is InChI=1S/C11H5FN6O3/c12-7-2-1-6(3-5(7)4-13)18-10(17-20-11(18)19)8-9(14)16-21-15-8/h1-3H,(H2,14,16). The molecule has 9 nitrogen and oxygen atoms in total. The van der Waals surface area contributed by atoms with Crippen LogP contribution in [0.3, 0.4) is 0 Å². The van der Waals surface area contributed by atoms with Crippen LogP contribution in [0, 0.1) is 17.1 Å². The lowest BCUT2D eigenvalue weighted by Gasteiger charge is -2.03. The summed E-state index contributed by atoms with van der Waals surface area (Å²) in [5, 5.41) is 19.2. The average molecular weight is 288 g/mol. The molecule has 0 amide bonds. The summed E-state index contributed by atoms with van der Waals surface area (Å²) in [7, 11) is 0. The molecule has 0 unspecified atom stereocenters. The van der Waals surface area contributed by atoms with Gasteiger partial charge in [-0.1, -0.05) is 5.16 Å². The van der Waals surface area contributed by atoms with Gasteiger partial charge in [-0.15, -0.1) is 0 Å². The Morgan fingerprint density at radius 3 is 2.81 bits per heavy atom. The van der Waals surface area contributed by atoms with Crippen molar-refractivity contribution in [3.05, 3.63) is 40.1 Å². The van der Waals surface area contributed by atoms with Crippen molar-refractivity contribution >= 4 is 5.82 Å². The molecule has 0 bridgehead atoms. The largest absolute Gasteiger partial charge is 0.446 e. The van der Waals surface area contributed by atoms with E-state index in [9.17, 15) is 9.18 Å². The Morgan fingerprint density at radius 2 is 2.14 bits per heavy atom. The van der Waals surface area contributed by atoms with E-state index in [1.54, 1.807) is 6.07 Å². The Kier molecular flexibility index (Phi) is 2.73. The molecule has 0 spiro atoms. The predicted octanol–water partition coefficient (Wildman–Crippen LogP) is 0.468. The van der Waals surface area contributed by atoms with Crippen molar-refractivity contribution < 1.29 is 13.5 Å². The number of hydrogen-bond donors (Lipinski definition) is 1. The van der Waals surface area contributed by atoms with E-state index < -0.39 is 11.6 Å². The SMILES string of the molecule is N#Cc1cc(-n2c(-c3nonc3N)noc2=O)ccc1F. The fourth-order valence-corrected chi connectivity index (χ4v) is 1.72. The summed E-state index contributed by atoms with van der Waals surface area (Å²) < 4.78 is 23.3. The van der Waals surface area contributed by atoms with E-state index in [1.807, 2.05) is 0 Å². The molecule has 3 aromatic rings. The van der Waals surface area contributed by atoms with Gasteiger partial charge in [0, 0.05) is 0 Å². The van der Waals surface area contributed by atoms with Crippen LogP contribution in [-0.2, 0) is 0 Å². The van der Waals surface area contributed by atoms with Crippen molar-refractivity contribution in [1.82, 2.24) is 20.0 Å². The van der Waals surface area contributed by atoms with E-state index in [0.29, 0.717) is 0 Å². The third-order valence-corrected chi connectivity index (χ3v) is 2.66. The van der Waals surface area contributed by atoms with Gasteiger partial charge in [0.05, 0.1) is 11.3 Å². The highest BCUT2D eigenvalue weighted by Crippen LogP contribution is 2.22. The van der Waals surface area contributed by atoms with Crippen molar-refractivity contribution in [1.29, 1.82) is 5.26 Å². The molecule has 3 rings (SSSR count). The predicted molar refractivity (Wildman–Crippen MR) is 64.5 cm³/mol. The molecule has 0 aliphatic carbocycles. The summed E-state index contributed by atoms with van der Waals surface area (Å²) >= 11 is 0. The number of aromatic nitrogens is 4. The second-order valence-electron chi connectivity index (χ2n) is 3.88. The highest BCUT2D eigenvalue weighted by molar-refractivity contribution is 5.64. The first kappa shape index (κ1) is 12.5. The van der Waals surface area contributed by atoms with E-state index in [4.69, 9.17) is 11.0 Å². The summed E-state index contributed by atoms with van der Waals surface area (Å²) in [6.45, 7) is 0. The molecular weight excluding hydrogens is 283 g/mol. The first-order valence-electron chi connectivity index (χ1n) is 5.49. The molecule has 0 aliphatic heterocycles. The summed E-state index contributed by atoms with van der Waals surface area (Å²) in [4.78, 5) is 11.8. The average Bonchev–Trinajstić information content (AvgIpc) is 3.05. The minimum Gasteiger partial charge on any atom is -0.379 e. The molecule has 0 fully saturated rings. The molecular formula is C11H5FN6O3. The number of rotatable bonds is 2. The summed E-state index contributed by atoms with van der Waals surface area (Å²) in [5.74, 6) is -1.74. The quantitative estimate of drug-likeness (QED) is 0.718. The zero-order chi connectivity index (χ0) is 15.0. The summed E-state index contributed by atoms with van der Waals surface area (Å²) in [5.41, 5.74) is 5.45. The van der Waals surface area contributed by atoms with Gasteiger partial charge >= 0.3 is 5.76 Å². The zero-order valence-electron chi connectivity index (χ0n) is 10.1. The lowest BCUT2D eigenvalue weighted by atomic mass is 10.2. The highest BCUT2D eigenvalue weighted by Gasteiger charge is 2.21. The van der Waals surface area contributed by atoms with E-state index in [2.05, 4.69) is 24.6 Å². The Labute approximate surface area is 115 Å². The van der Waals surface area contributed by atoms with Crippen LogP contribution in [0.4, 0.5) is 10.2 Å². The number of anilines is 1. The Balaban J connectivity index is 2.25. The number of halogens is 1. The number of nitriles is 1. The van der Waals surface area contributed by atoms with Crippen molar-refractivity contribution in [2.45, 2.75) is 0 Å². The van der Waals surface area contributed by atoms with Crippen molar-refractivity contribution in [2.75, 3.05) is 5.73 Å². The van der Waals surface area contributed by atoms with Crippen LogP contribution in [-0.4, -0.2) is 20.0 Å². The van der Waals surface area contributed by atoms with E-state index in [-0.39, 0.29) is 28.6 Å². The first-order chi connectivity index (χ1) is 10.1. The van der Waals surface area contributed by atoms with Crippen molar-refractivity contribution in [3.8, 4) is 23.3 Å². The lowest BCUT2D eigenvalue weighted by Crippen LogP contribution is -2.14. The van der Waals surface area contributed by atoms with E-state index in [0.717, 1.165) is 10.6 Å². The Morgan fingerprint density at radius 1 is 1.33 bits per heavy atom. The molecule has 1 aromatic carbocycles. The van der Waals surface area contributed by atoms with E-state index in [1.165, 1.54) is 12.1 Å². The highest BCUT2D eigenvalue weighted by atomic mass is 19.1. The van der Waals surface area contributed by atoms with Gasteiger partial charge in [-0.05, 0) is 28.5 Å². The van der Waals surface area contributed by atoms with Gasteiger partial charge in [-0.2, -0.15) is 5.26 Å².